The van der Waals surface area contributed by atoms with Gasteiger partial charge < -0.3 is 10.6 Å². The Kier molecular flexibility index (Phi) is 6.83. The Morgan fingerprint density at radius 1 is 1.08 bits per heavy atom. The summed E-state index contributed by atoms with van der Waals surface area (Å²) in [6.07, 6.45) is 0.628. The number of carbonyl (C=O) groups excluding carboxylic acids is 2. The van der Waals surface area contributed by atoms with Gasteiger partial charge in [0.25, 0.3) is 5.91 Å². The van der Waals surface area contributed by atoms with E-state index in [1.165, 1.54) is 0 Å². The SMILES string of the molecule is CC(C)c1ccccc1NC(=O)CCCNC(=O)c1ccc(F)cc1F. The molecule has 0 fully saturated rings. The van der Waals surface area contributed by atoms with Crippen molar-refractivity contribution in [1.29, 1.82) is 0 Å². The average Bonchev–Trinajstić information content (AvgIpc) is 2.58. The molecule has 0 atom stereocenters. The molecule has 0 aliphatic carbocycles. The normalized spacial score (nSPS) is 10.7. The lowest BCUT2D eigenvalue weighted by Gasteiger charge is -2.13. The van der Waals surface area contributed by atoms with E-state index >= 15 is 0 Å². The van der Waals surface area contributed by atoms with Gasteiger partial charge in [0.2, 0.25) is 5.91 Å². The van der Waals surface area contributed by atoms with Crippen LogP contribution in [-0.2, 0) is 4.79 Å². The quantitative estimate of drug-likeness (QED) is 0.726. The molecule has 138 valence electrons. The number of hydrogen-bond donors (Lipinski definition) is 2. The molecule has 0 radical (unpaired) electrons. The van der Waals surface area contributed by atoms with E-state index in [1.54, 1.807) is 0 Å². The van der Waals surface area contributed by atoms with Crippen molar-refractivity contribution in [3.8, 4) is 0 Å². The van der Waals surface area contributed by atoms with E-state index in [2.05, 4.69) is 24.5 Å². The van der Waals surface area contributed by atoms with E-state index in [0.29, 0.717) is 12.5 Å². The molecular weight excluding hydrogens is 338 g/mol. The van der Waals surface area contributed by atoms with Crippen molar-refractivity contribution in [3.63, 3.8) is 0 Å². The molecule has 2 aromatic carbocycles. The van der Waals surface area contributed by atoms with Crippen LogP contribution in [0.1, 0.15) is 48.5 Å². The number of anilines is 1. The van der Waals surface area contributed by atoms with Gasteiger partial charge >= 0.3 is 0 Å². The van der Waals surface area contributed by atoms with Crippen molar-refractivity contribution in [3.05, 3.63) is 65.2 Å². The third-order valence-electron chi connectivity index (χ3n) is 3.90. The Balaban J connectivity index is 1.79. The summed E-state index contributed by atoms with van der Waals surface area (Å²) in [5.41, 5.74) is 1.62. The Hall–Kier alpha value is -2.76. The second-order valence-corrected chi connectivity index (χ2v) is 6.27. The maximum Gasteiger partial charge on any atom is 0.254 e. The van der Waals surface area contributed by atoms with Crippen LogP contribution in [0.3, 0.4) is 0 Å². The maximum atomic E-state index is 13.5. The minimum Gasteiger partial charge on any atom is -0.352 e. The third-order valence-corrected chi connectivity index (χ3v) is 3.90. The van der Waals surface area contributed by atoms with E-state index in [-0.39, 0.29) is 30.4 Å². The van der Waals surface area contributed by atoms with Crippen molar-refractivity contribution in [1.82, 2.24) is 5.32 Å². The molecule has 2 amide bonds. The van der Waals surface area contributed by atoms with E-state index in [4.69, 9.17) is 0 Å². The Labute approximate surface area is 151 Å². The van der Waals surface area contributed by atoms with Gasteiger partial charge in [-0.25, -0.2) is 8.78 Å². The van der Waals surface area contributed by atoms with E-state index < -0.39 is 17.5 Å². The highest BCUT2D eigenvalue weighted by atomic mass is 19.1. The molecule has 2 N–H and O–H groups in total. The van der Waals surface area contributed by atoms with Crippen LogP contribution in [0, 0.1) is 11.6 Å². The fraction of sp³-hybridized carbons (Fsp3) is 0.300. The van der Waals surface area contributed by atoms with Crippen LogP contribution >= 0.6 is 0 Å². The minimum absolute atomic E-state index is 0.152. The standard InChI is InChI=1S/C20H22F2N2O2/c1-13(2)15-6-3-4-7-18(15)24-19(25)8-5-11-23-20(26)16-10-9-14(21)12-17(16)22/h3-4,6-7,9-10,12-13H,5,8,11H2,1-2H3,(H,23,26)(H,24,25). The fourth-order valence-corrected chi connectivity index (χ4v) is 2.55. The largest absolute Gasteiger partial charge is 0.352 e. The summed E-state index contributed by atoms with van der Waals surface area (Å²) in [7, 11) is 0. The van der Waals surface area contributed by atoms with Crippen LogP contribution in [-0.4, -0.2) is 18.4 Å². The molecule has 2 rings (SSSR count). The Bertz CT molecular complexity index is 791. The van der Waals surface area contributed by atoms with Gasteiger partial charge in [-0.1, -0.05) is 32.0 Å². The summed E-state index contributed by atoms with van der Waals surface area (Å²) in [5.74, 6) is -2.15. The molecule has 6 heteroatoms. The third kappa shape index (κ3) is 5.37. The lowest BCUT2D eigenvalue weighted by molar-refractivity contribution is -0.116. The first-order valence-electron chi connectivity index (χ1n) is 8.50. The molecule has 0 saturated carbocycles. The molecule has 0 aliphatic rings. The molecule has 26 heavy (non-hydrogen) atoms. The van der Waals surface area contributed by atoms with Gasteiger partial charge in [-0.2, -0.15) is 0 Å². The van der Waals surface area contributed by atoms with Crippen LogP contribution < -0.4 is 10.6 Å². The zero-order chi connectivity index (χ0) is 19.1. The monoisotopic (exact) mass is 360 g/mol. The second-order valence-electron chi connectivity index (χ2n) is 6.27. The summed E-state index contributed by atoms with van der Waals surface area (Å²) >= 11 is 0. The van der Waals surface area contributed by atoms with E-state index in [9.17, 15) is 18.4 Å². The molecule has 2 aromatic rings. The van der Waals surface area contributed by atoms with Gasteiger partial charge in [0.05, 0.1) is 5.56 Å². The van der Waals surface area contributed by atoms with Crippen molar-refractivity contribution in [2.24, 2.45) is 0 Å². The summed E-state index contributed by atoms with van der Waals surface area (Å²) in [6, 6.07) is 10.4. The van der Waals surface area contributed by atoms with Crippen molar-refractivity contribution in [2.45, 2.75) is 32.6 Å². The number of nitrogens with one attached hydrogen (secondary N) is 2. The number of para-hydroxylation sites is 1. The zero-order valence-corrected chi connectivity index (χ0v) is 14.8. The number of hydrogen-bond acceptors (Lipinski definition) is 2. The van der Waals surface area contributed by atoms with Gasteiger partial charge in [-0.05, 0) is 36.1 Å². The molecule has 0 bridgehead atoms. The Morgan fingerprint density at radius 3 is 2.50 bits per heavy atom. The van der Waals surface area contributed by atoms with Gasteiger partial charge in [-0.3, -0.25) is 9.59 Å². The maximum absolute atomic E-state index is 13.5. The summed E-state index contributed by atoms with van der Waals surface area (Å²) in [5, 5.41) is 5.40. The number of rotatable bonds is 7. The second kappa shape index (κ2) is 9.08. The van der Waals surface area contributed by atoms with Crippen molar-refractivity contribution < 1.29 is 18.4 Å². The zero-order valence-electron chi connectivity index (χ0n) is 14.8. The predicted molar refractivity (Wildman–Crippen MR) is 97.1 cm³/mol. The van der Waals surface area contributed by atoms with Crippen LogP contribution in [0.4, 0.5) is 14.5 Å². The lowest BCUT2D eigenvalue weighted by Crippen LogP contribution is -2.26. The molecule has 0 heterocycles. The molecule has 0 aromatic heterocycles. The van der Waals surface area contributed by atoms with Gasteiger partial charge in [0.15, 0.2) is 0 Å². The lowest BCUT2D eigenvalue weighted by atomic mass is 10.0. The number of carbonyl (C=O) groups is 2. The van der Waals surface area contributed by atoms with Crippen LogP contribution in [0.5, 0.6) is 0 Å². The van der Waals surface area contributed by atoms with E-state index in [0.717, 1.165) is 23.4 Å². The average molecular weight is 360 g/mol. The van der Waals surface area contributed by atoms with Gasteiger partial charge in [0.1, 0.15) is 11.6 Å². The first-order valence-corrected chi connectivity index (χ1v) is 8.50. The molecule has 0 unspecified atom stereocenters. The highest BCUT2D eigenvalue weighted by molar-refractivity contribution is 5.94. The van der Waals surface area contributed by atoms with Crippen molar-refractivity contribution >= 4 is 17.5 Å². The summed E-state index contributed by atoms with van der Waals surface area (Å²) < 4.78 is 26.4. The Morgan fingerprint density at radius 2 is 1.81 bits per heavy atom. The molecule has 0 aliphatic heterocycles. The minimum atomic E-state index is -0.912. The predicted octanol–water partition coefficient (Wildman–Crippen LogP) is 4.24. The first-order chi connectivity index (χ1) is 12.4. The molecule has 4 nitrogen and oxygen atoms in total. The summed E-state index contributed by atoms with van der Waals surface area (Å²) in [4.78, 5) is 23.9. The fourth-order valence-electron chi connectivity index (χ4n) is 2.55. The number of halogens is 2. The van der Waals surface area contributed by atoms with Crippen LogP contribution in [0.15, 0.2) is 42.5 Å². The highest BCUT2D eigenvalue weighted by Gasteiger charge is 2.12. The molecule has 0 spiro atoms. The van der Waals surface area contributed by atoms with Gasteiger partial charge in [0, 0.05) is 24.7 Å². The van der Waals surface area contributed by atoms with Crippen LogP contribution in [0.25, 0.3) is 0 Å². The smallest absolute Gasteiger partial charge is 0.254 e. The van der Waals surface area contributed by atoms with Crippen LogP contribution in [0.2, 0.25) is 0 Å². The molecular formula is C20H22F2N2O2. The number of benzene rings is 2. The topological polar surface area (TPSA) is 58.2 Å². The van der Waals surface area contributed by atoms with Crippen molar-refractivity contribution in [2.75, 3.05) is 11.9 Å². The number of amides is 2. The van der Waals surface area contributed by atoms with E-state index in [1.807, 2.05) is 24.3 Å². The summed E-state index contributed by atoms with van der Waals surface area (Å²) in [6.45, 7) is 4.32. The highest BCUT2D eigenvalue weighted by Crippen LogP contribution is 2.23. The first kappa shape index (κ1) is 19.6. The van der Waals surface area contributed by atoms with Gasteiger partial charge in [-0.15, -0.1) is 0 Å². The molecule has 0 saturated heterocycles.